The maximum absolute atomic E-state index is 12.8. The standard InChI is InChI=1S/C17H16N2O/c1-3-16-18-14-10-6-5-9-13(14)17(20)19(16)15-11-7-4-8-12(15)2/h4-11H,3H2,1-2H3. The largest absolute Gasteiger partial charge is 0.268 e. The van der Waals surface area contributed by atoms with Crippen LogP contribution in [0.1, 0.15) is 18.3 Å². The lowest BCUT2D eigenvalue weighted by Gasteiger charge is -2.14. The van der Waals surface area contributed by atoms with Crippen LogP contribution in [-0.2, 0) is 6.42 Å². The highest BCUT2D eigenvalue weighted by Gasteiger charge is 2.12. The van der Waals surface area contributed by atoms with Crippen LogP contribution in [0.25, 0.3) is 16.6 Å². The first-order valence-corrected chi connectivity index (χ1v) is 6.79. The van der Waals surface area contributed by atoms with Gasteiger partial charge in [0.15, 0.2) is 0 Å². The van der Waals surface area contributed by atoms with Crippen LogP contribution < -0.4 is 5.56 Å². The number of aromatic nitrogens is 2. The Morgan fingerprint density at radius 3 is 2.50 bits per heavy atom. The molecule has 2 aromatic carbocycles. The molecule has 0 radical (unpaired) electrons. The van der Waals surface area contributed by atoms with Gasteiger partial charge in [-0.2, -0.15) is 0 Å². The van der Waals surface area contributed by atoms with Crippen LogP contribution in [0, 0.1) is 6.92 Å². The van der Waals surface area contributed by atoms with Crippen LogP contribution in [-0.4, -0.2) is 9.55 Å². The van der Waals surface area contributed by atoms with Crippen LogP contribution in [0.5, 0.6) is 0 Å². The van der Waals surface area contributed by atoms with Gasteiger partial charge in [0.2, 0.25) is 0 Å². The zero-order valence-corrected chi connectivity index (χ0v) is 11.6. The second kappa shape index (κ2) is 4.93. The van der Waals surface area contributed by atoms with Crippen molar-refractivity contribution in [2.75, 3.05) is 0 Å². The minimum atomic E-state index is 0.00162. The fraction of sp³-hybridized carbons (Fsp3) is 0.176. The first-order chi connectivity index (χ1) is 9.72. The van der Waals surface area contributed by atoms with Gasteiger partial charge in [0.25, 0.3) is 5.56 Å². The molecule has 0 aliphatic rings. The number of fused-ring (bicyclic) bond motifs is 1. The predicted molar refractivity (Wildman–Crippen MR) is 81.5 cm³/mol. The number of para-hydroxylation sites is 2. The summed E-state index contributed by atoms with van der Waals surface area (Å²) in [6, 6.07) is 15.4. The Hall–Kier alpha value is -2.42. The van der Waals surface area contributed by atoms with Crippen molar-refractivity contribution in [3.63, 3.8) is 0 Å². The molecule has 1 heterocycles. The van der Waals surface area contributed by atoms with Gasteiger partial charge in [-0.3, -0.25) is 9.36 Å². The van der Waals surface area contributed by atoms with Gasteiger partial charge < -0.3 is 0 Å². The first-order valence-electron chi connectivity index (χ1n) is 6.79. The fourth-order valence-corrected chi connectivity index (χ4v) is 2.48. The molecule has 0 N–H and O–H groups in total. The lowest BCUT2D eigenvalue weighted by Crippen LogP contribution is -2.24. The lowest BCUT2D eigenvalue weighted by molar-refractivity contribution is 0.829. The van der Waals surface area contributed by atoms with Crippen LogP contribution in [0.2, 0.25) is 0 Å². The van der Waals surface area contributed by atoms with E-state index < -0.39 is 0 Å². The summed E-state index contributed by atoms with van der Waals surface area (Å²) in [6.45, 7) is 4.03. The molecule has 3 rings (SSSR count). The smallest absolute Gasteiger partial charge is 0.265 e. The number of aryl methyl sites for hydroxylation is 2. The van der Waals surface area contributed by atoms with Crippen LogP contribution >= 0.6 is 0 Å². The average Bonchev–Trinajstić information content (AvgIpc) is 2.48. The Bertz CT molecular complexity index is 834. The van der Waals surface area contributed by atoms with E-state index in [9.17, 15) is 4.79 Å². The normalized spacial score (nSPS) is 10.9. The molecule has 3 nitrogen and oxygen atoms in total. The topological polar surface area (TPSA) is 34.9 Å². The molecule has 0 bridgehead atoms. The van der Waals surface area contributed by atoms with Gasteiger partial charge in [0, 0.05) is 6.42 Å². The number of rotatable bonds is 2. The molecule has 100 valence electrons. The molecule has 3 heteroatoms. The van der Waals surface area contributed by atoms with E-state index in [2.05, 4.69) is 4.98 Å². The van der Waals surface area contributed by atoms with Crippen molar-refractivity contribution in [1.29, 1.82) is 0 Å². The van der Waals surface area contributed by atoms with Crippen molar-refractivity contribution in [1.82, 2.24) is 9.55 Å². The molecule has 0 amide bonds. The van der Waals surface area contributed by atoms with Crippen molar-refractivity contribution in [3.8, 4) is 5.69 Å². The van der Waals surface area contributed by atoms with Crippen LogP contribution in [0.3, 0.4) is 0 Å². The Balaban J connectivity index is 2.43. The number of hydrogen-bond donors (Lipinski definition) is 0. The molecular formula is C17H16N2O. The fourth-order valence-electron chi connectivity index (χ4n) is 2.48. The van der Waals surface area contributed by atoms with Crippen molar-refractivity contribution in [2.45, 2.75) is 20.3 Å². The summed E-state index contributed by atoms with van der Waals surface area (Å²) in [5.74, 6) is 0.794. The lowest BCUT2D eigenvalue weighted by atomic mass is 10.1. The second-order valence-electron chi connectivity index (χ2n) is 4.83. The summed E-state index contributed by atoms with van der Waals surface area (Å²) in [4.78, 5) is 17.4. The molecule has 0 saturated heterocycles. The Morgan fingerprint density at radius 1 is 1.05 bits per heavy atom. The Kier molecular flexibility index (Phi) is 3.11. The minimum Gasteiger partial charge on any atom is -0.268 e. The highest BCUT2D eigenvalue weighted by molar-refractivity contribution is 5.77. The first kappa shape index (κ1) is 12.6. The van der Waals surface area contributed by atoms with Gasteiger partial charge in [-0.1, -0.05) is 37.3 Å². The van der Waals surface area contributed by atoms with Gasteiger partial charge >= 0.3 is 0 Å². The SMILES string of the molecule is CCc1nc2ccccc2c(=O)n1-c1ccccc1C. The third-order valence-corrected chi connectivity index (χ3v) is 3.52. The van der Waals surface area contributed by atoms with E-state index in [1.54, 1.807) is 4.57 Å². The third kappa shape index (κ3) is 1.92. The zero-order valence-electron chi connectivity index (χ0n) is 11.6. The molecule has 0 aliphatic carbocycles. The number of nitrogens with zero attached hydrogens (tertiary/aromatic N) is 2. The van der Waals surface area contributed by atoms with Crippen molar-refractivity contribution < 1.29 is 0 Å². The van der Waals surface area contributed by atoms with Gasteiger partial charge in [0.1, 0.15) is 5.82 Å². The summed E-state index contributed by atoms with van der Waals surface area (Å²) < 4.78 is 1.73. The average molecular weight is 264 g/mol. The highest BCUT2D eigenvalue weighted by Crippen LogP contribution is 2.16. The highest BCUT2D eigenvalue weighted by atomic mass is 16.1. The van der Waals surface area contributed by atoms with Crippen molar-refractivity contribution >= 4 is 10.9 Å². The van der Waals surface area contributed by atoms with Crippen LogP contribution in [0.4, 0.5) is 0 Å². The van der Waals surface area contributed by atoms with Gasteiger partial charge in [-0.05, 0) is 30.7 Å². The van der Waals surface area contributed by atoms with E-state index >= 15 is 0 Å². The van der Waals surface area contributed by atoms with Gasteiger partial charge in [0.05, 0.1) is 16.6 Å². The Morgan fingerprint density at radius 2 is 1.75 bits per heavy atom. The van der Waals surface area contributed by atoms with E-state index in [4.69, 9.17) is 0 Å². The molecule has 1 aromatic heterocycles. The molecule has 0 spiro atoms. The summed E-state index contributed by atoms with van der Waals surface area (Å²) in [5.41, 5.74) is 2.75. The molecule has 3 aromatic rings. The molecule has 0 aliphatic heterocycles. The molecule has 0 fully saturated rings. The van der Waals surface area contributed by atoms with E-state index in [1.165, 1.54) is 0 Å². The van der Waals surface area contributed by atoms with Crippen LogP contribution in [0.15, 0.2) is 53.3 Å². The molecule has 20 heavy (non-hydrogen) atoms. The molecular weight excluding hydrogens is 248 g/mol. The number of hydrogen-bond acceptors (Lipinski definition) is 2. The minimum absolute atomic E-state index is 0.00162. The van der Waals surface area contributed by atoms with E-state index in [0.717, 1.165) is 22.6 Å². The Labute approximate surface area is 117 Å². The summed E-state index contributed by atoms with van der Waals surface area (Å²) in [5, 5.41) is 0.660. The second-order valence-corrected chi connectivity index (χ2v) is 4.83. The van der Waals surface area contributed by atoms with Gasteiger partial charge in [-0.15, -0.1) is 0 Å². The van der Waals surface area contributed by atoms with E-state index in [0.29, 0.717) is 11.8 Å². The summed E-state index contributed by atoms with van der Waals surface area (Å²) in [7, 11) is 0. The molecule has 0 saturated carbocycles. The van der Waals surface area contributed by atoms with Gasteiger partial charge in [-0.25, -0.2) is 4.98 Å². The number of benzene rings is 2. The third-order valence-electron chi connectivity index (χ3n) is 3.52. The van der Waals surface area contributed by atoms with Crippen molar-refractivity contribution in [3.05, 3.63) is 70.3 Å². The quantitative estimate of drug-likeness (QED) is 0.712. The summed E-state index contributed by atoms with van der Waals surface area (Å²) in [6.07, 6.45) is 0.717. The maximum Gasteiger partial charge on any atom is 0.265 e. The van der Waals surface area contributed by atoms with Crippen molar-refractivity contribution in [2.24, 2.45) is 0 Å². The molecule has 0 atom stereocenters. The summed E-state index contributed by atoms with van der Waals surface area (Å²) >= 11 is 0. The predicted octanol–water partition coefficient (Wildman–Crippen LogP) is 3.26. The molecule has 0 unspecified atom stereocenters. The monoisotopic (exact) mass is 264 g/mol. The zero-order chi connectivity index (χ0) is 14.1. The van der Waals surface area contributed by atoms with E-state index in [1.807, 2.05) is 62.4 Å². The van der Waals surface area contributed by atoms with E-state index in [-0.39, 0.29) is 5.56 Å². The maximum atomic E-state index is 12.8.